The lowest BCUT2D eigenvalue weighted by Crippen LogP contribution is -2.03. The average molecular weight is 257 g/mol. The van der Waals surface area contributed by atoms with Crippen LogP contribution in [0.15, 0.2) is 53.1 Å². The van der Waals surface area contributed by atoms with E-state index >= 15 is 0 Å². The quantitative estimate of drug-likeness (QED) is 0.454. The van der Waals surface area contributed by atoms with Crippen molar-refractivity contribution >= 4 is 6.21 Å². The standard InChI is InChI=1S/C18H27N/c1-4-7-8-12-17(6-3)18-14-16(5-2)11-9-10-13-19-15-18/h5-6,9,11,14-15,17H,3-4,7-8,10,12-13H2,1-2H3/b11-9-,16-5+,18-14?,19-15?. The number of unbranched alkanes of at least 4 members (excludes halogenated alkanes) is 2. The van der Waals surface area contributed by atoms with E-state index in [9.17, 15) is 0 Å². The van der Waals surface area contributed by atoms with Gasteiger partial charge in [0, 0.05) is 18.7 Å². The lowest BCUT2D eigenvalue weighted by Gasteiger charge is -2.13. The Morgan fingerprint density at radius 3 is 2.95 bits per heavy atom. The van der Waals surface area contributed by atoms with E-state index in [4.69, 9.17) is 0 Å². The predicted octanol–water partition coefficient (Wildman–Crippen LogP) is 5.27. The number of aliphatic imine (C=N–C) groups is 1. The number of hydrogen-bond acceptors (Lipinski definition) is 1. The fourth-order valence-corrected chi connectivity index (χ4v) is 2.23. The molecule has 1 rings (SSSR count). The summed E-state index contributed by atoms with van der Waals surface area (Å²) in [6.07, 6.45) is 18.9. The molecule has 1 unspecified atom stereocenters. The topological polar surface area (TPSA) is 12.4 Å². The fraction of sp³-hybridized carbons (Fsp3) is 0.500. The number of rotatable bonds is 6. The lowest BCUT2D eigenvalue weighted by molar-refractivity contribution is 0.604. The lowest BCUT2D eigenvalue weighted by atomic mass is 9.92. The Balaban J connectivity index is 2.86. The van der Waals surface area contributed by atoms with Crippen molar-refractivity contribution in [3.05, 3.63) is 48.1 Å². The molecule has 1 atom stereocenters. The van der Waals surface area contributed by atoms with Crippen molar-refractivity contribution in [1.82, 2.24) is 0 Å². The van der Waals surface area contributed by atoms with Gasteiger partial charge in [0.25, 0.3) is 0 Å². The maximum absolute atomic E-state index is 4.52. The summed E-state index contributed by atoms with van der Waals surface area (Å²) < 4.78 is 0. The van der Waals surface area contributed by atoms with Crippen LogP contribution in [-0.2, 0) is 0 Å². The molecule has 1 nitrogen and oxygen atoms in total. The summed E-state index contributed by atoms with van der Waals surface area (Å²) in [5.41, 5.74) is 2.57. The van der Waals surface area contributed by atoms with Gasteiger partial charge in [-0.1, -0.05) is 50.5 Å². The second-order valence-corrected chi connectivity index (χ2v) is 5.00. The van der Waals surface area contributed by atoms with Crippen molar-refractivity contribution in [1.29, 1.82) is 0 Å². The van der Waals surface area contributed by atoms with Gasteiger partial charge in [-0.2, -0.15) is 0 Å². The Kier molecular flexibility index (Phi) is 7.88. The Hall–Kier alpha value is -1.37. The zero-order valence-electron chi connectivity index (χ0n) is 12.4. The monoisotopic (exact) mass is 257 g/mol. The molecule has 0 N–H and O–H groups in total. The second kappa shape index (κ2) is 9.55. The molecule has 19 heavy (non-hydrogen) atoms. The van der Waals surface area contributed by atoms with Crippen LogP contribution in [0.25, 0.3) is 0 Å². The first-order chi connectivity index (χ1) is 9.31. The third kappa shape index (κ3) is 5.87. The van der Waals surface area contributed by atoms with Gasteiger partial charge >= 0.3 is 0 Å². The number of hydrogen-bond donors (Lipinski definition) is 0. The molecule has 0 saturated carbocycles. The Morgan fingerprint density at radius 2 is 2.26 bits per heavy atom. The molecule has 0 aromatic heterocycles. The van der Waals surface area contributed by atoms with Crippen LogP contribution < -0.4 is 0 Å². The van der Waals surface area contributed by atoms with E-state index in [1.807, 2.05) is 0 Å². The molecule has 0 bridgehead atoms. The summed E-state index contributed by atoms with van der Waals surface area (Å²) in [6.45, 7) is 9.21. The van der Waals surface area contributed by atoms with Crippen molar-refractivity contribution in [3.63, 3.8) is 0 Å². The Morgan fingerprint density at radius 1 is 1.42 bits per heavy atom. The predicted molar refractivity (Wildman–Crippen MR) is 86.8 cm³/mol. The maximum atomic E-state index is 4.52. The Labute approximate surface area is 118 Å². The van der Waals surface area contributed by atoms with Gasteiger partial charge in [-0.15, -0.1) is 6.58 Å². The van der Waals surface area contributed by atoms with E-state index in [2.05, 4.69) is 62.0 Å². The molecule has 0 radical (unpaired) electrons. The van der Waals surface area contributed by atoms with E-state index in [0.29, 0.717) is 5.92 Å². The molecular weight excluding hydrogens is 230 g/mol. The summed E-state index contributed by atoms with van der Waals surface area (Å²) in [7, 11) is 0. The first-order valence-electron chi connectivity index (χ1n) is 7.48. The number of nitrogens with zero attached hydrogens (tertiary/aromatic N) is 1. The van der Waals surface area contributed by atoms with Crippen LogP contribution in [0.5, 0.6) is 0 Å². The fourth-order valence-electron chi connectivity index (χ4n) is 2.23. The van der Waals surface area contributed by atoms with Crippen LogP contribution in [0.3, 0.4) is 0 Å². The summed E-state index contributed by atoms with van der Waals surface area (Å²) >= 11 is 0. The maximum Gasteiger partial charge on any atom is 0.0424 e. The van der Waals surface area contributed by atoms with Crippen molar-refractivity contribution < 1.29 is 0 Å². The van der Waals surface area contributed by atoms with E-state index in [1.165, 1.54) is 36.8 Å². The highest BCUT2D eigenvalue weighted by atomic mass is 14.7. The third-order valence-electron chi connectivity index (χ3n) is 3.47. The summed E-state index contributed by atoms with van der Waals surface area (Å²) in [4.78, 5) is 4.52. The van der Waals surface area contributed by atoms with Gasteiger partial charge in [-0.3, -0.25) is 4.99 Å². The van der Waals surface area contributed by atoms with Gasteiger partial charge < -0.3 is 0 Å². The van der Waals surface area contributed by atoms with Crippen molar-refractivity contribution in [2.75, 3.05) is 6.54 Å². The van der Waals surface area contributed by atoms with Crippen LogP contribution in [0.4, 0.5) is 0 Å². The molecule has 0 aromatic carbocycles. The molecule has 0 amide bonds. The molecule has 0 aliphatic carbocycles. The van der Waals surface area contributed by atoms with E-state index < -0.39 is 0 Å². The Bertz CT molecular complexity index is 382. The van der Waals surface area contributed by atoms with E-state index in [0.717, 1.165) is 13.0 Å². The molecule has 0 saturated heterocycles. The minimum Gasteiger partial charge on any atom is -0.293 e. The highest BCUT2D eigenvalue weighted by Gasteiger charge is 2.09. The zero-order chi connectivity index (χ0) is 13.9. The van der Waals surface area contributed by atoms with Crippen molar-refractivity contribution in [2.45, 2.75) is 46.0 Å². The van der Waals surface area contributed by atoms with E-state index in [1.54, 1.807) is 0 Å². The van der Waals surface area contributed by atoms with Gasteiger partial charge in [0.2, 0.25) is 0 Å². The average Bonchev–Trinajstić information content (AvgIpc) is 2.55. The highest BCUT2D eigenvalue weighted by molar-refractivity contribution is 5.81. The minimum absolute atomic E-state index is 0.428. The van der Waals surface area contributed by atoms with Gasteiger partial charge in [0.1, 0.15) is 0 Å². The molecule has 0 spiro atoms. The first-order valence-corrected chi connectivity index (χ1v) is 7.48. The summed E-state index contributed by atoms with van der Waals surface area (Å²) in [5.74, 6) is 0.428. The normalized spacial score (nSPS) is 21.2. The molecule has 1 aliphatic rings. The summed E-state index contributed by atoms with van der Waals surface area (Å²) in [6, 6.07) is 0. The van der Waals surface area contributed by atoms with Gasteiger partial charge in [0.05, 0.1) is 0 Å². The molecule has 1 heteroatoms. The minimum atomic E-state index is 0.428. The van der Waals surface area contributed by atoms with Crippen LogP contribution >= 0.6 is 0 Å². The first kappa shape index (κ1) is 15.7. The van der Waals surface area contributed by atoms with Crippen LogP contribution in [0.1, 0.15) is 46.0 Å². The van der Waals surface area contributed by atoms with Gasteiger partial charge in [-0.25, -0.2) is 0 Å². The van der Waals surface area contributed by atoms with Gasteiger partial charge in [-0.05, 0) is 37.0 Å². The number of allylic oxidation sites excluding steroid dienone is 6. The SMILES string of the molecule is C=CC(CCCCC)C1=CC(=C/C)/C=C\CCN=C1. The third-order valence-corrected chi connectivity index (χ3v) is 3.47. The highest BCUT2D eigenvalue weighted by Crippen LogP contribution is 2.21. The zero-order valence-corrected chi connectivity index (χ0v) is 12.4. The molecule has 1 heterocycles. The molecule has 0 aromatic rings. The largest absolute Gasteiger partial charge is 0.293 e. The van der Waals surface area contributed by atoms with Crippen molar-refractivity contribution in [2.24, 2.45) is 10.9 Å². The molecule has 1 aliphatic heterocycles. The second-order valence-electron chi connectivity index (χ2n) is 5.00. The smallest absolute Gasteiger partial charge is 0.0424 e. The molecule has 104 valence electrons. The molecular formula is C18H27N. The summed E-state index contributed by atoms with van der Waals surface area (Å²) in [5, 5.41) is 0. The van der Waals surface area contributed by atoms with Crippen LogP contribution in [0.2, 0.25) is 0 Å². The van der Waals surface area contributed by atoms with Gasteiger partial charge in [0.15, 0.2) is 0 Å². The van der Waals surface area contributed by atoms with E-state index in [-0.39, 0.29) is 0 Å². The van der Waals surface area contributed by atoms with Crippen LogP contribution in [-0.4, -0.2) is 12.8 Å². The van der Waals surface area contributed by atoms with Crippen molar-refractivity contribution in [3.8, 4) is 0 Å². The van der Waals surface area contributed by atoms with Crippen LogP contribution in [0, 0.1) is 5.92 Å². The molecule has 0 fully saturated rings.